The summed E-state index contributed by atoms with van der Waals surface area (Å²) in [5, 5.41) is 6.79. The van der Waals surface area contributed by atoms with Gasteiger partial charge in [-0.2, -0.15) is 4.98 Å². The number of rotatable bonds is 10. The highest BCUT2D eigenvalue weighted by atomic mass is 16.5. The predicted octanol–water partition coefficient (Wildman–Crippen LogP) is 1.77. The number of carbonyl (C=O) groups is 1. The molecule has 3 heterocycles. The van der Waals surface area contributed by atoms with E-state index in [0.717, 1.165) is 31.4 Å². The zero-order chi connectivity index (χ0) is 18.0. The Bertz CT molecular complexity index is 671. The number of nitrogens with zero attached hydrogens (tertiary/aromatic N) is 3. The maximum absolute atomic E-state index is 11.9. The number of amides is 1. The molecular weight excluding hydrogens is 336 g/mol. The van der Waals surface area contributed by atoms with Crippen LogP contribution in [0.4, 0.5) is 0 Å². The zero-order valence-electron chi connectivity index (χ0n) is 14.7. The van der Waals surface area contributed by atoms with E-state index in [1.54, 1.807) is 12.4 Å². The van der Waals surface area contributed by atoms with Gasteiger partial charge in [-0.3, -0.25) is 9.78 Å². The molecule has 0 radical (unpaired) electrons. The van der Waals surface area contributed by atoms with Crippen LogP contribution >= 0.6 is 0 Å². The Morgan fingerprint density at radius 3 is 3.04 bits per heavy atom. The van der Waals surface area contributed by atoms with Gasteiger partial charge >= 0.3 is 0 Å². The molecule has 26 heavy (non-hydrogen) atoms. The van der Waals surface area contributed by atoms with Gasteiger partial charge in [-0.1, -0.05) is 5.16 Å². The lowest BCUT2D eigenvalue weighted by Crippen LogP contribution is -2.26. The van der Waals surface area contributed by atoms with Crippen molar-refractivity contribution in [3.05, 3.63) is 30.4 Å². The van der Waals surface area contributed by atoms with Crippen molar-refractivity contribution in [3.63, 3.8) is 0 Å². The van der Waals surface area contributed by atoms with Crippen molar-refractivity contribution in [2.45, 2.75) is 38.2 Å². The lowest BCUT2D eigenvalue weighted by atomic mass is 10.2. The molecule has 3 rings (SSSR count). The summed E-state index contributed by atoms with van der Waals surface area (Å²) in [6.45, 7) is 2.70. The van der Waals surface area contributed by atoms with Gasteiger partial charge in [0.1, 0.15) is 0 Å². The van der Waals surface area contributed by atoms with E-state index >= 15 is 0 Å². The van der Waals surface area contributed by atoms with Gasteiger partial charge < -0.3 is 19.3 Å². The van der Waals surface area contributed by atoms with Gasteiger partial charge in [0.25, 0.3) is 0 Å². The van der Waals surface area contributed by atoms with Gasteiger partial charge in [-0.25, -0.2) is 0 Å². The van der Waals surface area contributed by atoms with Crippen LogP contribution in [0.15, 0.2) is 29.0 Å². The number of aryl methyl sites for hydroxylation is 1. The third-order valence-corrected chi connectivity index (χ3v) is 4.09. The Kier molecular flexibility index (Phi) is 7.09. The second-order valence-electron chi connectivity index (χ2n) is 6.16. The molecule has 0 saturated carbocycles. The third kappa shape index (κ3) is 5.89. The summed E-state index contributed by atoms with van der Waals surface area (Å²) in [5.41, 5.74) is 0.836. The number of nitrogens with one attached hydrogen (secondary N) is 1. The minimum Gasteiger partial charge on any atom is -0.379 e. The SMILES string of the molecule is O=C(CCc1nc(-c2ccncc2)no1)NCCCOCC1CCCO1. The van der Waals surface area contributed by atoms with Crippen molar-refractivity contribution < 1.29 is 18.8 Å². The highest BCUT2D eigenvalue weighted by molar-refractivity contribution is 5.75. The number of carbonyl (C=O) groups excluding carboxylic acids is 1. The number of aromatic nitrogens is 3. The molecule has 0 aromatic carbocycles. The molecule has 1 atom stereocenters. The topological polar surface area (TPSA) is 99.4 Å². The van der Waals surface area contributed by atoms with Crippen molar-refractivity contribution >= 4 is 5.91 Å². The summed E-state index contributed by atoms with van der Waals surface area (Å²) in [5.74, 6) is 0.922. The van der Waals surface area contributed by atoms with E-state index in [0.29, 0.717) is 44.3 Å². The van der Waals surface area contributed by atoms with E-state index in [1.165, 1.54) is 0 Å². The molecule has 0 spiro atoms. The molecule has 0 bridgehead atoms. The summed E-state index contributed by atoms with van der Waals surface area (Å²) in [6.07, 6.45) is 7.30. The Morgan fingerprint density at radius 2 is 2.23 bits per heavy atom. The maximum atomic E-state index is 11.9. The van der Waals surface area contributed by atoms with Crippen LogP contribution in [0.2, 0.25) is 0 Å². The minimum absolute atomic E-state index is 0.0345. The second-order valence-corrected chi connectivity index (χ2v) is 6.16. The van der Waals surface area contributed by atoms with Crippen molar-refractivity contribution in [1.29, 1.82) is 0 Å². The summed E-state index contributed by atoms with van der Waals surface area (Å²) < 4.78 is 16.2. The van der Waals surface area contributed by atoms with Crippen LogP contribution in [-0.2, 0) is 20.7 Å². The monoisotopic (exact) mass is 360 g/mol. The van der Waals surface area contributed by atoms with Gasteiger partial charge in [-0.15, -0.1) is 0 Å². The molecule has 0 aliphatic carbocycles. The van der Waals surface area contributed by atoms with E-state index in [9.17, 15) is 4.79 Å². The molecule has 1 aliphatic rings. The fraction of sp³-hybridized carbons (Fsp3) is 0.556. The van der Waals surface area contributed by atoms with Gasteiger partial charge in [0.2, 0.25) is 17.6 Å². The molecule has 1 unspecified atom stereocenters. The molecule has 1 fully saturated rings. The average molecular weight is 360 g/mol. The summed E-state index contributed by atoms with van der Waals surface area (Å²) in [6, 6.07) is 3.62. The van der Waals surface area contributed by atoms with Crippen LogP contribution in [0.25, 0.3) is 11.4 Å². The summed E-state index contributed by atoms with van der Waals surface area (Å²) in [7, 11) is 0. The maximum Gasteiger partial charge on any atom is 0.227 e. The normalized spacial score (nSPS) is 16.7. The van der Waals surface area contributed by atoms with Crippen LogP contribution in [0, 0.1) is 0 Å². The minimum atomic E-state index is -0.0345. The van der Waals surface area contributed by atoms with Crippen molar-refractivity contribution in [3.8, 4) is 11.4 Å². The number of hydrogen-bond donors (Lipinski definition) is 1. The first-order valence-electron chi connectivity index (χ1n) is 9.00. The van der Waals surface area contributed by atoms with E-state index in [2.05, 4.69) is 20.4 Å². The van der Waals surface area contributed by atoms with E-state index in [4.69, 9.17) is 14.0 Å². The first-order chi connectivity index (χ1) is 12.8. The Morgan fingerprint density at radius 1 is 1.35 bits per heavy atom. The molecule has 1 aliphatic heterocycles. The molecule has 8 heteroatoms. The Balaban J connectivity index is 1.26. The van der Waals surface area contributed by atoms with Crippen LogP contribution in [-0.4, -0.2) is 53.5 Å². The van der Waals surface area contributed by atoms with Crippen molar-refractivity contribution in [1.82, 2.24) is 20.4 Å². The lowest BCUT2D eigenvalue weighted by molar-refractivity contribution is -0.121. The standard InChI is InChI=1S/C18H24N4O4/c23-16(20-8-2-11-24-13-15-3-1-12-25-15)4-5-17-21-18(22-26-17)14-6-9-19-10-7-14/h6-7,9-10,15H,1-5,8,11-13H2,(H,20,23). The lowest BCUT2D eigenvalue weighted by Gasteiger charge is -2.10. The average Bonchev–Trinajstić information content (AvgIpc) is 3.35. The fourth-order valence-corrected chi connectivity index (χ4v) is 2.68. The van der Waals surface area contributed by atoms with Gasteiger partial charge in [0, 0.05) is 50.6 Å². The van der Waals surface area contributed by atoms with Gasteiger partial charge in [0.05, 0.1) is 12.7 Å². The molecule has 1 saturated heterocycles. The van der Waals surface area contributed by atoms with Crippen LogP contribution < -0.4 is 5.32 Å². The van der Waals surface area contributed by atoms with Crippen LogP contribution in [0.5, 0.6) is 0 Å². The predicted molar refractivity (Wildman–Crippen MR) is 93.3 cm³/mol. The number of pyridine rings is 1. The number of ether oxygens (including phenoxy) is 2. The summed E-state index contributed by atoms with van der Waals surface area (Å²) in [4.78, 5) is 20.1. The molecular formula is C18H24N4O4. The summed E-state index contributed by atoms with van der Waals surface area (Å²) >= 11 is 0. The van der Waals surface area contributed by atoms with Crippen LogP contribution in [0.1, 0.15) is 31.6 Å². The van der Waals surface area contributed by atoms with E-state index in [-0.39, 0.29) is 12.0 Å². The van der Waals surface area contributed by atoms with Crippen molar-refractivity contribution in [2.75, 3.05) is 26.4 Å². The zero-order valence-corrected chi connectivity index (χ0v) is 14.7. The van der Waals surface area contributed by atoms with E-state index in [1.807, 2.05) is 12.1 Å². The quantitative estimate of drug-likeness (QED) is 0.645. The molecule has 1 amide bonds. The van der Waals surface area contributed by atoms with Gasteiger partial charge in [0.15, 0.2) is 0 Å². The fourth-order valence-electron chi connectivity index (χ4n) is 2.68. The highest BCUT2D eigenvalue weighted by Gasteiger charge is 2.15. The second kappa shape index (κ2) is 9.98. The molecule has 2 aromatic rings. The first kappa shape index (κ1) is 18.5. The van der Waals surface area contributed by atoms with Gasteiger partial charge in [-0.05, 0) is 31.4 Å². The molecule has 140 valence electrons. The molecule has 2 aromatic heterocycles. The van der Waals surface area contributed by atoms with Crippen LogP contribution in [0.3, 0.4) is 0 Å². The third-order valence-electron chi connectivity index (χ3n) is 4.09. The highest BCUT2D eigenvalue weighted by Crippen LogP contribution is 2.14. The molecule has 8 nitrogen and oxygen atoms in total. The number of hydrogen-bond acceptors (Lipinski definition) is 7. The Labute approximate surface area is 152 Å². The Hall–Kier alpha value is -2.32. The largest absolute Gasteiger partial charge is 0.379 e. The first-order valence-corrected chi connectivity index (χ1v) is 9.00. The molecule has 1 N–H and O–H groups in total. The smallest absolute Gasteiger partial charge is 0.227 e. The van der Waals surface area contributed by atoms with E-state index < -0.39 is 0 Å². The van der Waals surface area contributed by atoms with Crippen molar-refractivity contribution in [2.24, 2.45) is 0 Å².